The lowest BCUT2D eigenvalue weighted by Crippen LogP contribution is -2.54. The van der Waals surface area contributed by atoms with Crippen molar-refractivity contribution in [3.63, 3.8) is 0 Å². The zero-order chi connectivity index (χ0) is 33.6. The van der Waals surface area contributed by atoms with Crippen molar-refractivity contribution in [1.82, 2.24) is 4.90 Å². The molecule has 8 heteroatoms. The lowest BCUT2D eigenvalue weighted by atomic mass is 9.64. The number of rotatable bonds is 11. The molecule has 2 bridgehead atoms. The van der Waals surface area contributed by atoms with Crippen molar-refractivity contribution >= 4 is 17.1 Å². The molecule has 1 fully saturated rings. The van der Waals surface area contributed by atoms with E-state index >= 15 is 0 Å². The molecular weight excluding hydrogens is 610 g/mol. The number of allylic oxidation sites excluding steroid dienone is 2. The van der Waals surface area contributed by atoms with Gasteiger partial charge in [0.15, 0.2) is 5.78 Å². The lowest BCUT2D eigenvalue weighted by molar-refractivity contribution is -0.0889. The number of hydrogen-bond acceptors (Lipinski definition) is 8. The maximum absolute atomic E-state index is 14.3. The third-order valence-electron chi connectivity index (χ3n) is 10.7. The summed E-state index contributed by atoms with van der Waals surface area (Å²) in [6, 6.07) is 17.4. The molecule has 7 nitrogen and oxygen atoms in total. The SMILES string of the molecule is COc1ccc(C(=O)c2cc3ccc2[C@@H]2CC[C@@](O)(CN(CCc4cccs4)C[C@H](O)CO)[C@@]2(C)CCC=C(C)CC[C@H](O)C3)cc1. The molecule has 0 amide bonds. The van der Waals surface area contributed by atoms with Crippen LogP contribution in [0.1, 0.15) is 90.2 Å². The van der Waals surface area contributed by atoms with E-state index in [9.17, 15) is 25.2 Å². The molecule has 0 radical (unpaired) electrons. The average Bonchev–Trinajstić information content (AvgIpc) is 3.68. The number of benzene rings is 2. The second-order valence-electron chi connectivity index (χ2n) is 13.9. The van der Waals surface area contributed by atoms with E-state index in [1.54, 1.807) is 42.7 Å². The Morgan fingerprint density at radius 3 is 2.62 bits per heavy atom. The van der Waals surface area contributed by atoms with Gasteiger partial charge in [-0.05, 0) is 117 Å². The van der Waals surface area contributed by atoms with Crippen LogP contribution in [0.5, 0.6) is 5.75 Å². The number of aliphatic hydroxyl groups excluding tert-OH is 3. The summed E-state index contributed by atoms with van der Waals surface area (Å²) in [5.74, 6) is 0.505. The Morgan fingerprint density at radius 2 is 1.91 bits per heavy atom. The summed E-state index contributed by atoms with van der Waals surface area (Å²) in [6.07, 6.45) is 6.27. The molecule has 3 aromatic rings. The van der Waals surface area contributed by atoms with Crippen LogP contribution in [0.2, 0.25) is 0 Å². The van der Waals surface area contributed by atoms with Crippen LogP contribution >= 0.6 is 11.3 Å². The van der Waals surface area contributed by atoms with E-state index in [2.05, 4.69) is 42.3 Å². The summed E-state index contributed by atoms with van der Waals surface area (Å²) in [5.41, 5.74) is 2.58. The van der Waals surface area contributed by atoms with Gasteiger partial charge >= 0.3 is 0 Å². The van der Waals surface area contributed by atoms with E-state index in [-0.39, 0.29) is 24.9 Å². The fourth-order valence-electron chi connectivity index (χ4n) is 7.78. The Bertz CT molecular complexity index is 1500. The second-order valence-corrected chi connectivity index (χ2v) is 14.9. The molecule has 4 N–H and O–H groups in total. The Morgan fingerprint density at radius 1 is 1.13 bits per heavy atom. The van der Waals surface area contributed by atoms with Gasteiger partial charge in [-0.1, -0.05) is 36.8 Å². The molecule has 3 aliphatic rings. The summed E-state index contributed by atoms with van der Waals surface area (Å²) in [6.45, 7) is 5.23. The number of hydrogen-bond donors (Lipinski definition) is 4. The molecule has 6 rings (SSSR count). The number of carbonyl (C=O) groups excluding carboxylic acids is 1. The molecule has 1 heterocycles. The highest BCUT2D eigenvalue weighted by Crippen LogP contribution is 2.59. The Hall–Kier alpha value is -2.85. The van der Waals surface area contributed by atoms with E-state index in [0.29, 0.717) is 62.1 Å². The molecule has 47 heavy (non-hydrogen) atoms. The lowest BCUT2D eigenvalue weighted by Gasteiger charge is -2.46. The van der Waals surface area contributed by atoms with Crippen molar-refractivity contribution in [3.8, 4) is 5.75 Å². The summed E-state index contributed by atoms with van der Waals surface area (Å²) in [5, 5.41) is 46.0. The molecule has 254 valence electrons. The standard InChI is InChI=1S/C39H51NO6S/c1-27-6-4-18-38(2)36(16-19-39(38,45)26-40(24-31(43)25-41)20-17-33-7-5-21-47-33)34-15-9-28(22-30(42)12-8-27)23-35(34)37(44)29-10-13-32(46-3)14-11-29/h5-7,9-11,13-15,21,23,30-31,36,41-43,45H,4,8,12,16-20,22,24-26H2,1-3H3/t30-,31-,36-,38-,39+/m0/s1. The summed E-state index contributed by atoms with van der Waals surface area (Å²) in [7, 11) is 1.60. The minimum Gasteiger partial charge on any atom is -0.497 e. The summed E-state index contributed by atoms with van der Waals surface area (Å²) in [4.78, 5) is 17.6. The van der Waals surface area contributed by atoms with Gasteiger partial charge in [0.25, 0.3) is 0 Å². The predicted molar refractivity (Wildman–Crippen MR) is 187 cm³/mol. The third-order valence-corrected chi connectivity index (χ3v) is 11.6. The summed E-state index contributed by atoms with van der Waals surface area (Å²) >= 11 is 1.69. The number of aliphatic hydroxyl groups is 4. The highest BCUT2D eigenvalue weighted by molar-refractivity contribution is 7.09. The van der Waals surface area contributed by atoms with Gasteiger partial charge in [-0.3, -0.25) is 9.69 Å². The van der Waals surface area contributed by atoms with Crippen LogP contribution in [-0.4, -0.2) is 82.3 Å². The molecule has 1 aromatic heterocycles. The topological polar surface area (TPSA) is 110 Å². The van der Waals surface area contributed by atoms with Crippen molar-refractivity contribution < 1.29 is 30.0 Å². The van der Waals surface area contributed by atoms with E-state index in [1.807, 2.05) is 18.2 Å². The van der Waals surface area contributed by atoms with Crippen molar-refractivity contribution in [2.24, 2.45) is 5.41 Å². The van der Waals surface area contributed by atoms with E-state index in [4.69, 9.17) is 4.74 Å². The van der Waals surface area contributed by atoms with Crippen molar-refractivity contribution in [2.75, 3.05) is 33.4 Å². The van der Waals surface area contributed by atoms with Gasteiger partial charge in [0.05, 0.1) is 31.5 Å². The number of carbonyl (C=O) groups is 1. The van der Waals surface area contributed by atoms with Crippen LogP contribution in [0.4, 0.5) is 0 Å². The molecule has 0 saturated heterocycles. The monoisotopic (exact) mass is 661 g/mol. The Labute approximate surface area is 283 Å². The number of methoxy groups -OCH3 is 1. The quantitative estimate of drug-likeness (QED) is 0.149. The highest BCUT2D eigenvalue weighted by Gasteiger charge is 2.57. The smallest absolute Gasteiger partial charge is 0.193 e. The first kappa shape index (κ1) is 35.5. The van der Waals surface area contributed by atoms with Crippen LogP contribution in [-0.2, 0) is 12.8 Å². The van der Waals surface area contributed by atoms with Gasteiger partial charge in [-0.2, -0.15) is 0 Å². The molecule has 0 aliphatic heterocycles. The molecule has 1 saturated carbocycles. The molecule has 0 spiro atoms. The van der Waals surface area contributed by atoms with Crippen LogP contribution in [0.15, 0.2) is 71.6 Å². The van der Waals surface area contributed by atoms with Crippen molar-refractivity contribution in [3.05, 3.63) is 98.8 Å². The van der Waals surface area contributed by atoms with E-state index in [1.165, 1.54) is 10.5 Å². The average molecular weight is 662 g/mol. The number of ketones is 1. The first-order valence-electron chi connectivity index (χ1n) is 17.0. The molecule has 0 unspecified atom stereocenters. The summed E-state index contributed by atoms with van der Waals surface area (Å²) < 4.78 is 5.33. The number of thiophene rings is 1. The molecule has 3 aliphatic carbocycles. The van der Waals surface area contributed by atoms with Gasteiger partial charge in [0.1, 0.15) is 5.75 Å². The molecule has 5 atom stereocenters. The molecule has 2 aromatic carbocycles. The van der Waals surface area contributed by atoms with Crippen LogP contribution in [0, 0.1) is 5.41 Å². The number of ether oxygens (including phenoxy) is 1. The first-order chi connectivity index (χ1) is 22.5. The Kier molecular flexibility index (Phi) is 11.8. The van der Waals surface area contributed by atoms with Gasteiger partial charge in [0.2, 0.25) is 0 Å². The number of nitrogens with zero attached hydrogens (tertiary/aromatic N) is 1. The van der Waals surface area contributed by atoms with Crippen molar-refractivity contribution in [1.29, 1.82) is 0 Å². The largest absolute Gasteiger partial charge is 0.497 e. The highest BCUT2D eigenvalue weighted by atomic mass is 32.1. The van der Waals surface area contributed by atoms with E-state index < -0.39 is 23.2 Å². The van der Waals surface area contributed by atoms with Crippen LogP contribution < -0.4 is 4.74 Å². The normalized spacial score (nSPS) is 25.7. The van der Waals surface area contributed by atoms with Gasteiger partial charge in [-0.25, -0.2) is 0 Å². The van der Waals surface area contributed by atoms with Crippen LogP contribution in [0.25, 0.3) is 0 Å². The first-order valence-corrected chi connectivity index (χ1v) is 17.8. The zero-order valence-corrected chi connectivity index (χ0v) is 28.8. The van der Waals surface area contributed by atoms with Crippen LogP contribution in [0.3, 0.4) is 0 Å². The second kappa shape index (κ2) is 15.6. The van der Waals surface area contributed by atoms with Gasteiger partial charge < -0.3 is 25.2 Å². The minimum absolute atomic E-state index is 0.0803. The Balaban J connectivity index is 1.55. The fraction of sp³-hybridized carbons (Fsp3) is 0.513. The fourth-order valence-corrected chi connectivity index (χ4v) is 8.48. The third kappa shape index (κ3) is 8.24. The maximum atomic E-state index is 14.3. The van der Waals surface area contributed by atoms with Gasteiger partial charge in [-0.15, -0.1) is 11.3 Å². The predicted octanol–water partition coefficient (Wildman–Crippen LogP) is 5.92. The van der Waals surface area contributed by atoms with Crippen molar-refractivity contribution in [2.45, 2.75) is 88.9 Å². The van der Waals surface area contributed by atoms with E-state index in [0.717, 1.165) is 30.4 Å². The number of fused-ring (bicyclic) bond motifs is 8. The maximum Gasteiger partial charge on any atom is 0.193 e. The zero-order valence-electron chi connectivity index (χ0n) is 28.0. The van der Waals surface area contributed by atoms with Gasteiger partial charge in [0, 0.05) is 41.1 Å². The minimum atomic E-state index is -1.10. The molecular formula is C39H51NO6S.